The van der Waals surface area contributed by atoms with E-state index in [2.05, 4.69) is 10.1 Å². The van der Waals surface area contributed by atoms with Crippen molar-refractivity contribution in [3.05, 3.63) is 29.8 Å². The first-order valence-electron chi connectivity index (χ1n) is 10.1. The maximum atomic E-state index is 12.9. The van der Waals surface area contributed by atoms with E-state index in [0.717, 1.165) is 37.7 Å². The summed E-state index contributed by atoms with van der Waals surface area (Å²) < 4.78 is 41.6. The molecule has 1 spiro atoms. The minimum atomic E-state index is -4.70. The number of halogens is 3. The molecular formula is C21H23F3N2O3. The number of piperidine rings is 1. The molecule has 5 rings (SSSR count). The van der Waals surface area contributed by atoms with Gasteiger partial charge in [-0.25, -0.2) is 0 Å². The van der Waals surface area contributed by atoms with Gasteiger partial charge in [-0.2, -0.15) is 0 Å². The van der Waals surface area contributed by atoms with Gasteiger partial charge in [0.1, 0.15) is 5.75 Å². The SMILES string of the molecule is O=C1CC[C@]2(C[C@H](C(=O)N3CC[C@]4(c5cccc(OC(F)(F)F)c5)C[C@@H]4C3)C2)N1. The number of carbonyl (C=O) groups excluding carboxylic acids is 2. The molecule has 2 amide bonds. The number of carbonyl (C=O) groups is 2. The molecule has 29 heavy (non-hydrogen) atoms. The van der Waals surface area contributed by atoms with Crippen LogP contribution in [0.1, 0.15) is 44.1 Å². The molecule has 156 valence electrons. The number of hydrogen-bond acceptors (Lipinski definition) is 3. The number of hydrogen-bond donors (Lipinski definition) is 1. The standard InChI is InChI=1S/C21H23F3N2O3/c22-21(23,24)29-16-3-1-2-14(8-16)20-6-7-26(12-15(20)11-20)18(28)13-9-19(10-13)5-4-17(27)25-19/h1-3,8,13,15H,4-7,9-12H2,(H,25,27)/t13-,15-,19+,20-/m1/s1. The van der Waals surface area contributed by atoms with E-state index in [9.17, 15) is 22.8 Å². The lowest BCUT2D eigenvalue weighted by atomic mass is 9.67. The first-order valence-corrected chi connectivity index (χ1v) is 10.1. The van der Waals surface area contributed by atoms with Crippen LogP contribution in [0.4, 0.5) is 13.2 Å². The van der Waals surface area contributed by atoms with Gasteiger partial charge >= 0.3 is 6.36 Å². The number of nitrogens with one attached hydrogen (secondary N) is 1. The summed E-state index contributed by atoms with van der Waals surface area (Å²) in [6, 6.07) is 6.27. The molecule has 2 heterocycles. The maximum absolute atomic E-state index is 12.9. The number of benzene rings is 1. The van der Waals surface area contributed by atoms with Crippen molar-refractivity contribution in [2.75, 3.05) is 13.1 Å². The molecule has 2 saturated heterocycles. The van der Waals surface area contributed by atoms with E-state index in [1.165, 1.54) is 12.1 Å². The van der Waals surface area contributed by atoms with Gasteiger partial charge in [-0.3, -0.25) is 9.59 Å². The smallest absolute Gasteiger partial charge is 0.406 e. The monoisotopic (exact) mass is 408 g/mol. The van der Waals surface area contributed by atoms with Gasteiger partial charge in [0.05, 0.1) is 0 Å². The maximum Gasteiger partial charge on any atom is 0.573 e. The highest BCUT2D eigenvalue weighted by molar-refractivity contribution is 5.84. The van der Waals surface area contributed by atoms with E-state index in [1.54, 1.807) is 6.07 Å². The van der Waals surface area contributed by atoms with Gasteiger partial charge in [-0.15, -0.1) is 13.2 Å². The summed E-state index contributed by atoms with van der Waals surface area (Å²) in [6.07, 6.45) is -0.246. The number of alkyl halides is 3. The number of nitrogens with zero attached hydrogens (tertiary/aromatic N) is 1. The number of ether oxygens (including phenoxy) is 1. The zero-order valence-electron chi connectivity index (χ0n) is 15.9. The number of rotatable bonds is 3. The van der Waals surface area contributed by atoms with Crippen LogP contribution in [-0.4, -0.2) is 41.7 Å². The van der Waals surface area contributed by atoms with Crippen molar-refractivity contribution in [2.45, 2.75) is 55.8 Å². The summed E-state index contributed by atoms with van der Waals surface area (Å²) >= 11 is 0. The van der Waals surface area contributed by atoms with Crippen LogP contribution in [0.15, 0.2) is 24.3 Å². The van der Waals surface area contributed by atoms with Crippen LogP contribution in [0, 0.1) is 11.8 Å². The molecule has 2 saturated carbocycles. The molecule has 4 aliphatic rings. The molecule has 8 heteroatoms. The first kappa shape index (κ1) is 18.8. The van der Waals surface area contributed by atoms with Crippen molar-refractivity contribution in [2.24, 2.45) is 11.8 Å². The van der Waals surface area contributed by atoms with E-state index < -0.39 is 6.36 Å². The summed E-state index contributed by atoms with van der Waals surface area (Å²) in [7, 11) is 0. The average molecular weight is 408 g/mol. The van der Waals surface area contributed by atoms with Crippen molar-refractivity contribution in [1.29, 1.82) is 0 Å². The van der Waals surface area contributed by atoms with Gasteiger partial charge < -0.3 is 15.0 Å². The topological polar surface area (TPSA) is 58.6 Å². The molecule has 0 aromatic heterocycles. The molecule has 1 aromatic carbocycles. The summed E-state index contributed by atoms with van der Waals surface area (Å²) in [5.41, 5.74) is 0.574. The van der Waals surface area contributed by atoms with Crippen molar-refractivity contribution in [3.63, 3.8) is 0 Å². The molecule has 0 bridgehead atoms. The van der Waals surface area contributed by atoms with E-state index in [1.807, 2.05) is 11.0 Å². The second-order valence-corrected chi connectivity index (χ2v) is 9.10. The fourth-order valence-corrected chi connectivity index (χ4v) is 5.72. The minimum absolute atomic E-state index is 0.0248. The Balaban J connectivity index is 1.21. The Morgan fingerprint density at radius 3 is 2.66 bits per heavy atom. The van der Waals surface area contributed by atoms with Gasteiger partial charge in [0.15, 0.2) is 0 Å². The number of fused-ring (bicyclic) bond motifs is 1. The zero-order chi connectivity index (χ0) is 20.4. The predicted octanol–water partition coefficient (Wildman–Crippen LogP) is 3.13. The van der Waals surface area contributed by atoms with Gasteiger partial charge in [-0.1, -0.05) is 12.1 Å². The fourth-order valence-electron chi connectivity index (χ4n) is 5.72. The number of amides is 2. The molecule has 0 unspecified atom stereocenters. The Bertz CT molecular complexity index is 865. The van der Waals surface area contributed by atoms with Crippen molar-refractivity contribution in [1.82, 2.24) is 10.2 Å². The van der Waals surface area contributed by atoms with Crippen LogP contribution in [0.25, 0.3) is 0 Å². The summed E-state index contributed by atoms with van der Waals surface area (Å²) in [5.74, 6) is 0.302. The lowest BCUT2D eigenvalue weighted by molar-refractivity contribution is -0.274. The first-order chi connectivity index (χ1) is 13.7. The molecule has 2 atom stereocenters. The van der Waals surface area contributed by atoms with Gasteiger partial charge in [-0.05, 0) is 55.7 Å². The van der Waals surface area contributed by atoms with Crippen LogP contribution < -0.4 is 10.1 Å². The van der Waals surface area contributed by atoms with E-state index in [4.69, 9.17) is 0 Å². The normalized spacial score (nSPS) is 35.7. The Kier molecular flexibility index (Phi) is 3.96. The number of likely N-dealkylation sites (tertiary alicyclic amines) is 1. The van der Waals surface area contributed by atoms with Gasteiger partial charge in [0.2, 0.25) is 11.8 Å². The molecule has 1 N–H and O–H groups in total. The summed E-state index contributed by atoms with van der Waals surface area (Å²) in [5, 5.41) is 3.02. The molecule has 2 aliphatic carbocycles. The molecule has 5 nitrogen and oxygen atoms in total. The quantitative estimate of drug-likeness (QED) is 0.836. The molecule has 4 fully saturated rings. The van der Waals surface area contributed by atoms with Crippen molar-refractivity contribution >= 4 is 11.8 Å². The summed E-state index contributed by atoms with van der Waals surface area (Å²) in [4.78, 5) is 26.3. The van der Waals surface area contributed by atoms with E-state index in [0.29, 0.717) is 19.5 Å². The highest BCUT2D eigenvalue weighted by atomic mass is 19.4. The third kappa shape index (κ3) is 3.26. The second-order valence-electron chi connectivity index (χ2n) is 9.10. The Morgan fingerprint density at radius 1 is 1.21 bits per heavy atom. The third-order valence-corrected chi connectivity index (χ3v) is 7.31. The Hall–Kier alpha value is -2.25. The van der Waals surface area contributed by atoms with E-state index in [-0.39, 0.29) is 40.4 Å². The van der Waals surface area contributed by atoms with Crippen LogP contribution >= 0.6 is 0 Å². The molecule has 2 aliphatic heterocycles. The lowest BCUT2D eigenvalue weighted by Crippen LogP contribution is -2.57. The largest absolute Gasteiger partial charge is 0.573 e. The van der Waals surface area contributed by atoms with Crippen LogP contribution in [0.3, 0.4) is 0 Å². The average Bonchev–Trinajstić information content (AvgIpc) is 3.24. The minimum Gasteiger partial charge on any atom is -0.406 e. The zero-order valence-corrected chi connectivity index (χ0v) is 15.9. The van der Waals surface area contributed by atoms with Crippen molar-refractivity contribution < 1.29 is 27.5 Å². The highest BCUT2D eigenvalue weighted by Gasteiger charge is 2.59. The summed E-state index contributed by atoms with van der Waals surface area (Å²) in [6.45, 7) is 1.27. The predicted molar refractivity (Wildman–Crippen MR) is 96.9 cm³/mol. The van der Waals surface area contributed by atoms with Gasteiger partial charge in [0, 0.05) is 36.4 Å². The molecular weight excluding hydrogens is 385 g/mol. The van der Waals surface area contributed by atoms with Crippen LogP contribution in [0.2, 0.25) is 0 Å². The van der Waals surface area contributed by atoms with Crippen LogP contribution in [-0.2, 0) is 15.0 Å². The van der Waals surface area contributed by atoms with Crippen LogP contribution in [0.5, 0.6) is 5.75 Å². The Morgan fingerprint density at radius 2 is 2.00 bits per heavy atom. The molecule has 0 radical (unpaired) electrons. The molecule has 1 aromatic rings. The van der Waals surface area contributed by atoms with Gasteiger partial charge in [0.25, 0.3) is 0 Å². The lowest BCUT2D eigenvalue weighted by Gasteiger charge is -2.46. The fraction of sp³-hybridized carbons (Fsp3) is 0.619. The van der Waals surface area contributed by atoms with E-state index >= 15 is 0 Å². The highest BCUT2D eigenvalue weighted by Crippen LogP contribution is 2.60. The second kappa shape index (κ2) is 6.12. The van der Waals surface area contributed by atoms with Crippen molar-refractivity contribution in [3.8, 4) is 5.75 Å². The third-order valence-electron chi connectivity index (χ3n) is 7.31. The Labute approximate surface area is 166 Å².